The number of hydrogen-bond donors (Lipinski definition) is 1. The summed E-state index contributed by atoms with van der Waals surface area (Å²) in [5.41, 5.74) is 2.54. The number of anilines is 1. The number of methoxy groups -OCH3 is 1. The van der Waals surface area contributed by atoms with Crippen molar-refractivity contribution >= 4 is 5.69 Å². The fourth-order valence-corrected chi connectivity index (χ4v) is 2.10. The summed E-state index contributed by atoms with van der Waals surface area (Å²) in [4.78, 5) is 2.27. The van der Waals surface area contributed by atoms with Crippen molar-refractivity contribution in [2.24, 2.45) is 0 Å². The van der Waals surface area contributed by atoms with Gasteiger partial charge >= 0.3 is 0 Å². The summed E-state index contributed by atoms with van der Waals surface area (Å²) in [6.45, 7) is 4.24. The average molecular weight is 248 g/mol. The molecule has 0 aromatic heterocycles. The van der Waals surface area contributed by atoms with Gasteiger partial charge in [-0.2, -0.15) is 0 Å². The Labute approximate surface area is 110 Å². The topological polar surface area (TPSA) is 24.5 Å². The Hall–Kier alpha value is -1.22. The van der Waals surface area contributed by atoms with Gasteiger partial charge in [0.05, 0.1) is 12.8 Å². The summed E-state index contributed by atoms with van der Waals surface area (Å²) in [5.74, 6) is 0.959. The lowest BCUT2D eigenvalue weighted by Gasteiger charge is -2.22. The number of nitrogens with zero attached hydrogens (tertiary/aromatic N) is 1. The Morgan fingerprint density at radius 1 is 1.39 bits per heavy atom. The molecule has 1 N–H and O–H groups in total. The molecule has 1 aliphatic rings. The van der Waals surface area contributed by atoms with E-state index in [4.69, 9.17) is 4.74 Å². The van der Waals surface area contributed by atoms with Gasteiger partial charge in [-0.05, 0) is 37.0 Å². The first-order valence-electron chi connectivity index (χ1n) is 6.86. The maximum atomic E-state index is 5.44. The van der Waals surface area contributed by atoms with E-state index in [1.807, 2.05) is 0 Å². The fourth-order valence-electron chi connectivity index (χ4n) is 2.10. The van der Waals surface area contributed by atoms with E-state index < -0.39 is 0 Å². The van der Waals surface area contributed by atoms with E-state index in [9.17, 15) is 0 Å². The molecular formula is C15H24N2O. The van der Waals surface area contributed by atoms with Crippen LogP contribution < -0.4 is 15.0 Å². The molecule has 3 nitrogen and oxygen atoms in total. The second-order valence-electron chi connectivity index (χ2n) is 5.01. The summed E-state index contributed by atoms with van der Waals surface area (Å²) < 4.78 is 5.44. The summed E-state index contributed by atoms with van der Waals surface area (Å²) in [7, 11) is 3.87. The van der Waals surface area contributed by atoms with Gasteiger partial charge in [-0.1, -0.05) is 13.0 Å². The largest absolute Gasteiger partial charge is 0.495 e. The van der Waals surface area contributed by atoms with Crippen molar-refractivity contribution in [2.75, 3.05) is 32.1 Å². The zero-order chi connectivity index (χ0) is 13.0. The van der Waals surface area contributed by atoms with Crippen LogP contribution in [-0.4, -0.2) is 33.3 Å². The standard InChI is InChI=1S/C15H24N2O/c1-4-12-5-8-15(18-3)14(11-12)17(2)10-9-16-13-6-7-13/h5,8,11,13,16H,4,6-7,9-10H2,1-3H3. The fraction of sp³-hybridized carbons (Fsp3) is 0.600. The summed E-state index contributed by atoms with van der Waals surface area (Å²) in [6, 6.07) is 7.22. The highest BCUT2D eigenvalue weighted by Crippen LogP contribution is 2.28. The lowest BCUT2D eigenvalue weighted by atomic mass is 10.1. The van der Waals surface area contributed by atoms with Crippen molar-refractivity contribution in [1.82, 2.24) is 5.32 Å². The number of aryl methyl sites for hydroxylation is 1. The van der Waals surface area contributed by atoms with Gasteiger partial charge in [0.25, 0.3) is 0 Å². The van der Waals surface area contributed by atoms with Crippen LogP contribution in [-0.2, 0) is 6.42 Å². The van der Waals surface area contributed by atoms with Crippen LogP contribution in [0.2, 0.25) is 0 Å². The third-order valence-electron chi connectivity index (χ3n) is 3.52. The van der Waals surface area contributed by atoms with Crippen molar-refractivity contribution in [3.63, 3.8) is 0 Å². The number of rotatable bonds is 7. The Balaban J connectivity index is 1.98. The monoisotopic (exact) mass is 248 g/mol. The van der Waals surface area contributed by atoms with Crippen molar-refractivity contribution < 1.29 is 4.74 Å². The molecule has 1 saturated carbocycles. The predicted molar refractivity (Wildman–Crippen MR) is 76.7 cm³/mol. The molecule has 18 heavy (non-hydrogen) atoms. The third-order valence-corrected chi connectivity index (χ3v) is 3.52. The molecule has 0 heterocycles. The maximum Gasteiger partial charge on any atom is 0.142 e. The van der Waals surface area contributed by atoms with Crippen LogP contribution >= 0.6 is 0 Å². The van der Waals surface area contributed by atoms with Gasteiger partial charge in [0.1, 0.15) is 5.75 Å². The Morgan fingerprint density at radius 3 is 2.78 bits per heavy atom. The van der Waals surface area contributed by atoms with Crippen LogP contribution in [0.3, 0.4) is 0 Å². The third kappa shape index (κ3) is 3.39. The highest BCUT2D eigenvalue weighted by molar-refractivity contribution is 5.59. The molecular weight excluding hydrogens is 224 g/mol. The highest BCUT2D eigenvalue weighted by Gasteiger charge is 2.20. The molecule has 0 unspecified atom stereocenters. The molecule has 0 saturated heterocycles. The molecule has 0 bridgehead atoms. The molecule has 1 aliphatic carbocycles. The minimum Gasteiger partial charge on any atom is -0.495 e. The molecule has 1 aromatic carbocycles. The van der Waals surface area contributed by atoms with E-state index in [1.54, 1.807) is 7.11 Å². The molecule has 0 aliphatic heterocycles. The summed E-state index contributed by atoms with van der Waals surface area (Å²) >= 11 is 0. The molecule has 0 amide bonds. The number of ether oxygens (including phenoxy) is 1. The quantitative estimate of drug-likeness (QED) is 0.802. The van der Waals surface area contributed by atoms with Crippen molar-refractivity contribution in [3.05, 3.63) is 23.8 Å². The smallest absolute Gasteiger partial charge is 0.142 e. The minimum atomic E-state index is 0.780. The molecule has 100 valence electrons. The van der Waals surface area contributed by atoms with Crippen LogP contribution in [0.25, 0.3) is 0 Å². The highest BCUT2D eigenvalue weighted by atomic mass is 16.5. The second kappa shape index (κ2) is 6.10. The van der Waals surface area contributed by atoms with Crippen LogP contribution in [0.4, 0.5) is 5.69 Å². The van der Waals surface area contributed by atoms with E-state index in [-0.39, 0.29) is 0 Å². The summed E-state index contributed by atoms with van der Waals surface area (Å²) in [5, 5.41) is 3.54. The molecule has 2 rings (SSSR count). The number of hydrogen-bond acceptors (Lipinski definition) is 3. The van der Waals surface area contributed by atoms with Crippen molar-refractivity contribution in [1.29, 1.82) is 0 Å². The average Bonchev–Trinajstić information content (AvgIpc) is 3.22. The van der Waals surface area contributed by atoms with Crippen molar-refractivity contribution in [3.8, 4) is 5.75 Å². The minimum absolute atomic E-state index is 0.780. The Morgan fingerprint density at radius 2 is 2.17 bits per heavy atom. The van der Waals surface area contributed by atoms with Gasteiger partial charge in [-0.25, -0.2) is 0 Å². The first-order chi connectivity index (χ1) is 8.74. The van der Waals surface area contributed by atoms with Gasteiger partial charge in [0, 0.05) is 26.2 Å². The van der Waals surface area contributed by atoms with Crippen LogP contribution in [0, 0.1) is 0 Å². The Kier molecular flexibility index (Phi) is 4.48. The van der Waals surface area contributed by atoms with E-state index in [2.05, 4.69) is 42.4 Å². The van der Waals surface area contributed by atoms with Gasteiger partial charge in [0.2, 0.25) is 0 Å². The molecule has 3 heteroatoms. The number of benzene rings is 1. The van der Waals surface area contributed by atoms with Gasteiger partial charge < -0.3 is 15.0 Å². The normalized spacial score (nSPS) is 14.6. The van der Waals surface area contributed by atoms with E-state index in [1.165, 1.54) is 24.1 Å². The first kappa shape index (κ1) is 13.2. The summed E-state index contributed by atoms with van der Waals surface area (Å²) in [6.07, 6.45) is 3.75. The lowest BCUT2D eigenvalue weighted by molar-refractivity contribution is 0.414. The van der Waals surface area contributed by atoms with Gasteiger partial charge in [0.15, 0.2) is 0 Å². The molecule has 0 radical (unpaired) electrons. The second-order valence-corrected chi connectivity index (χ2v) is 5.01. The van der Waals surface area contributed by atoms with Gasteiger partial charge in [-0.15, -0.1) is 0 Å². The SMILES string of the molecule is CCc1ccc(OC)c(N(C)CCNC2CC2)c1. The predicted octanol–water partition coefficient (Wildman–Crippen LogP) is 2.45. The van der Waals surface area contributed by atoms with E-state index in [0.717, 1.165) is 31.3 Å². The number of nitrogens with one attached hydrogen (secondary N) is 1. The lowest BCUT2D eigenvalue weighted by Crippen LogP contribution is -2.30. The zero-order valence-corrected chi connectivity index (χ0v) is 11.7. The van der Waals surface area contributed by atoms with Crippen LogP contribution in [0.5, 0.6) is 5.75 Å². The molecule has 0 spiro atoms. The van der Waals surface area contributed by atoms with E-state index >= 15 is 0 Å². The van der Waals surface area contributed by atoms with E-state index in [0.29, 0.717) is 0 Å². The molecule has 1 aromatic rings. The number of likely N-dealkylation sites (N-methyl/N-ethyl adjacent to an activating group) is 1. The zero-order valence-electron chi connectivity index (χ0n) is 11.7. The molecule has 0 atom stereocenters. The maximum absolute atomic E-state index is 5.44. The molecule has 1 fully saturated rings. The van der Waals surface area contributed by atoms with Gasteiger partial charge in [-0.3, -0.25) is 0 Å². The van der Waals surface area contributed by atoms with Crippen molar-refractivity contribution in [2.45, 2.75) is 32.2 Å². The van der Waals surface area contributed by atoms with Crippen LogP contribution in [0.1, 0.15) is 25.3 Å². The van der Waals surface area contributed by atoms with Crippen LogP contribution in [0.15, 0.2) is 18.2 Å². The Bertz CT molecular complexity index is 388. The first-order valence-corrected chi connectivity index (χ1v) is 6.86.